The summed E-state index contributed by atoms with van der Waals surface area (Å²) in [5.41, 5.74) is 2.67. The van der Waals surface area contributed by atoms with E-state index in [0.717, 1.165) is 18.4 Å². The van der Waals surface area contributed by atoms with Gasteiger partial charge in [-0.1, -0.05) is 29.8 Å². The average Bonchev–Trinajstić information content (AvgIpc) is 3.31. The molecule has 8 nitrogen and oxygen atoms in total. The van der Waals surface area contributed by atoms with Crippen molar-refractivity contribution in [3.63, 3.8) is 0 Å². The number of benzene rings is 2. The molecule has 0 bridgehead atoms. The van der Waals surface area contributed by atoms with Gasteiger partial charge in [0.1, 0.15) is 5.75 Å². The summed E-state index contributed by atoms with van der Waals surface area (Å²) >= 11 is 0. The van der Waals surface area contributed by atoms with Crippen LogP contribution in [0.5, 0.6) is 5.75 Å². The molecule has 0 heterocycles. The molecule has 4 atom stereocenters. The Bertz CT molecular complexity index is 992. The maximum atomic E-state index is 12.8. The molecular weight excluding hydrogens is 448 g/mol. The van der Waals surface area contributed by atoms with Crippen LogP contribution in [0.4, 0.5) is 5.69 Å². The summed E-state index contributed by atoms with van der Waals surface area (Å²) in [6.07, 6.45) is 2.92. The SMILES string of the molecule is Cc1ccc(C(O)CCCCOc2ccc(NC(=O)C3CC(C(=O)O)CC3N(C)C=O)cc2)cc1. The zero-order valence-electron chi connectivity index (χ0n) is 20.2. The Morgan fingerprint density at radius 2 is 1.80 bits per heavy atom. The van der Waals surface area contributed by atoms with Crippen molar-refractivity contribution in [2.24, 2.45) is 11.8 Å². The molecule has 2 aromatic carbocycles. The van der Waals surface area contributed by atoms with E-state index in [-0.39, 0.29) is 18.7 Å². The third kappa shape index (κ3) is 7.29. The van der Waals surface area contributed by atoms with Gasteiger partial charge < -0.3 is 25.2 Å². The fourth-order valence-corrected chi connectivity index (χ4v) is 4.48. The molecule has 3 N–H and O–H groups in total. The molecule has 0 spiro atoms. The first-order chi connectivity index (χ1) is 16.8. The average molecular weight is 483 g/mol. The Morgan fingerprint density at radius 3 is 2.43 bits per heavy atom. The number of carbonyl (C=O) groups excluding carboxylic acids is 2. The van der Waals surface area contributed by atoms with Crippen molar-refractivity contribution in [2.45, 2.75) is 51.2 Å². The number of aliphatic carboxylic acids is 1. The van der Waals surface area contributed by atoms with Crippen molar-refractivity contribution < 1.29 is 29.3 Å². The highest BCUT2D eigenvalue weighted by atomic mass is 16.5. The van der Waals surface area contributed by atoms with E-state index >= 15 is 0 Å². The Morgan fingerprint density at radius 1 is 1.11 bits per heavy atom. The van der Waals surface area contributed by atoms with Crippen LogP contribution < -0.4 is 10.1 Å². The standard InChI is InChI=1S/C27H34N2O6/c1-18-6-8-19(9-7-18)25(31)5-3-4-14-35-22-12-10-21(11-13-22)28-26(32)23-15-20(27(33)34)16-24(23)29(2)17-30/h6-13,17,20,23-25,31H,3-5,14-16H2,1-2H3,(H,28,32)(H,33,34). The summed E-state index contributed by atoms with van der Waals surface area (Å²) in [4.78, 5) is 36.8. The van der Waals surface area contributed by atoms with Crippen molar-refractivity contribution in [1.29, 1.82) is 0 Å². The number of aliphatic hydroxyl groups excluding tert-OH is 1. The topological polar surface area (TPSA) is 116 Å². The molecule has 0 aliphatic heterocycles. The van der Waals surface area contributed by atoms with Crippen LogP contribution in [0.3, 0.4) is 0 Å². The molecular formula is C27H34N2O6. The molecule has 0 aromatic heterocycles. The van der Waals surface area contributed by atoms with Gasteiger partial charge in [-0.15, -0.1) is 0 Å². The predicted octanol–water partition coefficient (Wildman–Crippen LogP) is 3.78. The van der Waals surface area contributed by atoms with E-state index in [9.17, 15) is 24.6 Å². The van der Waals surface area contributed by atoms with Gasteiger partial charge >= 0.3 is 5.97 Å². The third-order valence-electron chi connectivity index (χ3n) is 6.63. The highest BCUT2D eigenvalue weighted by Crippen LogP contribution is 2.35. The van der Waals surface area contributed by atoms with Crippen LogP contribution in [0.15, 0.2) is 48.5 Å². The van der Waals surface area contributed by atoms with Gasteiger partial charge in [-0.3, -0.25) is 14.4 Å². The number of carbonyl (C=O) groups is 3. The summed E-state index contributed by atoms with van der Waals surface area (Å²) < 4.78 is 5.77. The quantitative estimate of drug-likeness (QED) is 0.313. The molecule has 2 aromatic rings. The number of aryl methyl sites for hydroxylation is 1. The first-order valence-electron chi connectivity index (χ1n) is 12.0. The van der Waals surface area contributed by atoms with Crippen LogP contribution in [0.25, 0.3) is 0 Å². The number of nitrogens with zero attached hydrogens (tertiary/aromatic N) is 1. The highest BCUT2D eigenvalue weighted by Gasteiger charge is 2.43. The molecule has 1 aliphatic rings. The van der Waals surface area contributed by atoms with Gasteiger partial charge in [-0.2, -0.15) is 0 Å². The van der Waals surface area contributed by atoms with Crippen molar-refractivity contribution in [2.75, 3.05) is 19.0 Å². The van der Waals surface area contributed by atoms with Crippen LogP contribution in [0.2, 0.25) is 0 Å². The lowest BCUT2D eigenvalue weighted by Crippen LogP contribution is -2.39. The first kappa shape index (κ1) is 26.2. The molecule has 0 radical (unpaired) electrons. The van der Waals surface area contributed by atoms with Gasteiger partial charge in [0.05, 0.1) is 24.5 Å². The van der Waals surface area contributed by atoms with E-state index in [1.165, 1.54) is 10.5 Å². The van der Waals surface area contributed by atoms with Gasteiger partial charge in [0.25, 0.3) is 0 Å². The first-order valence-corrected chi connectivity index (χ1v) is 12.0. The number of nitrogens with one attached hydrogen (secondary N) is 1. The fourth-order valence-electron chi connectivity index (χ4n) is 4.48. The Labute approximate surface area is 205 Å². The van der Waals surface area contributed by atoms with Crippen LogP contribution >= 0.6 is 0 Å². The molecule has 188 valence electrons. The second-order valence-corrected chi connectivity index (χ2v) is 9.24. The number of carboxylic acids is 1. The number of hydrogen-bond acceptors (Lipinski definition) is 5. The number of carboxylic acid groups (broad SMARTS) is 1. The maximum absolute atomic E-state index is 12.8. The van der Waals surface area contributed by atoms with Gasteiger partial charge in [0.15, 0.2) is 0 Å². The van der Waals surface area contributed by atoms with E-state index in [2.05, 4.69) is 5.32 Å². The summed E-state index contributed by atoms with van der Waals surface area (Å²) in [5.74, 6) is -1.80. The minimum absolute atomic E-state index is 0.198. The van der Waals surface area contributed by atoms with Gasteiger partial charge in [-0.25, -0.2) is 0 Å². The van der Waals surface area contributed by atoms with Crippen molar-refractivity contribution in [1.82, 2.24) is 4.90 Å². The van der Waals surface area contributed by atoms with E-state index in [1.54, 1.807) is 31.3 Å². The summed E-state index contributed by atoms with van der Waals surface area (Å²) in [6.45, 7) is 2.54. The lowest BCUT2D eigenvalue weighted by molar-refractivity contribution is -0.141. The second-order valence-electron chi connectivity index (χ2n) is 9.24. The molecule has 8 heteroatoms. The lowest BCUT2D eigenvalue weighted by Gasteiger charge is -2.25. The number of aliphatic hydroxyl groups is 1. The minimum Gasteiger partial charge on any atom is -0.494 e. The molecule has 1 fully saturated rings. The number of rotatable bonds is 12. The Balaban J connectivity index is 1.43. The van der Waals surface area contributed by atoms with Crippen LogP contribution in [0.1, 0.15) is 49.3 Å². The van der Waals surface area contributed by atoms with Crippen molar-refractivity contribution in [3.05, 3.63) is 59.7 Å². The summed E-state index contributed by atoms with van der Waals surface area (Å²) in [5, 5.41) is 22.4. The molecule has 1 saturated carbocycles. The number of anilines is 1. The highest BCUT2D eigenvalue weighted by molar-refractivity contribution is 5.94. The number of unbranched alkanes of at least 4 members (excludes halogenated alkanes) is 1. The monoisotopic (exact) mass is 482 g/mol. The van der Waals surface area contributed by atoms with Crippen LogP contribution in [-0.2, 0) is 14.4 Å². The largest absolute Gasteiger partial charge is 0.494 e. The summed E-state index contributed by atoms with van der Waals surface area (Å²) in [7, 11) is 1.57. The van der Waals surface area contributed by atoms with Gasteiger partial charge in [0, 0.05) is 18.8 Å². The Hall–Kier alpha value is -3.39. The fraction of sp³-hybridized carbons (Fsp3) is 0.444. The van der Waals surface area contributed by atoms with E-state index in [0.29, 0.717) is 30.9 Å². The molecule has 1 aliphatic carbocycles. The smallest absolute Gasteiger partial charge is 0.306 e. The molecule has 0 saturated heterocycles. The zero-order valence-corrected chi connectivity index (χ0v) is 20.2. The van der Waals surface area contributed by atoms with E-state index in [4.69, 9.17) is 4.74 Å². The van der Waals surface area contributed by atoms with Gasteiger partial charge in [0.2, 0.25) is 12.3 Å². The molecule has 3 rings (SSSR count). The lowest BCUT2D eigenvalue weighted by atomic mass is 10.0. The van der Waals surface area contributed by atoms with Crippen LogP contribution in [0, 0.1) is 18.8 Å². The number of amides is 2. The van der Waals surface area contributed by atoms with Crippen molar-refractivity contribution >= 4 is 24.0 Å². The van der Waals surface area contributed by atoms with E-state index in [1.807, 2.05) is 31.2 Å². The molecule has 2 amide bonds. The second kappa shape index (κ2) is 12.4. The molecule has 4 unspecified atom stereocenters. The number of ether oxygens (including phenoxy) is 1. The third-order valence-corrected chi connectivity index (χ3v) is 6.63. The predicted molar refractivity (Wildman–Crippen MR) is 132 cm³/mol. The van der Waals surface area contributed by atoms with Crippen molar-refractivity contribution in [3.8, 4) is 5.75 Å². The Kier molecular flexibility index (Phi) is 9.25. The number of hydrogen-bond donors (Lipinski definition) is 3. The van der Waals surface area contributed by atoms with E-state index < -0.39 is 30.0 Å². The molecule has 35 heavy (non-hydrogen) atoms. The van der Waals surface area contributed by atoms with Crippen LogP contribution in [-0.4, -0.2) is 53.1 Å². The van der Waals surface area contributed by atoms with Gasteiger partial charge in [-0.05, 0) is 68.9 Å². The maximum Gasteiger partial charge on any atom is 0.306 e. The zero-order chi connectivity index (χ0) is 25.4. The normalized spacial score (nSPS) is 20.1. The minimum atomic E-state index is -0.948. The summed E-state index contributed by atoms with van der Waals surface area (Å²) in [6, 6.07) is 14.4.